The molecular weight excluding hydrogens is 172 g/mol. The molecule has 0 bridgehead atoms. The molecule has 0 aromatic carbocycles. The normalized spacial score (nSPS) is 22.2. The molecule has 0 aliphatic heterocycles. The van der Waals surface area contributed by atoms with Gasteiger partial charge in [-0.15, -0.1) is 0 Å². The first-order valence-corrected chi connectivity index (χ1v) is 5.05. The maximum Gasteiger partial charge on any atom is 0.304 e. The number of rotatable bonds is 1. The first kappa shape index (κ1) is 8.01. The maximum atomic E-state index is 11.0. The summed E-state index contributed by atoms with van der Waals surface area (Å²) in [5.74, 6) is 0.396. The topological polar surface area (TPSA) is 58.9 Å². The molecule has 2 rings (SSSR count). The van der Waals surface area contributed by atoms with Gasteiger partial charge in [0.25, 0.3) is 0 Å². The zero-order valence-corrected chi connectivity index (χ0v) is 7.62. The van der Waals surface area contributed by atoms with E-state index in [1.165, 1.54) is 22.6 Å². The van der Waals surface area contributed by atoms with Gasteiger partial charge in [-0.2, -0.15) is 0 Å². The lowest BCUT2D eigenvalue weighted by Gasteiger charge is -2.19. The smallest absolute Gasteiger partial charge is 0.304 e. The molecule has 0 radical (unpaired) electrons. The minimum Gasteiger partial charge on any atom is -0.330 e. The first-order chi connectivity index (χ1) is 5.81. The Kier molecular flexibility index (Phi) is 2.02. The van der Waals surface area contributed by atoms with Crippen LogP contribution in [-0.2, 0) is 6.42 Å². The molecule has 1 aromatic heterocycles. The highest BCUT2D eigenvalue weighted by Crippen LogP contribution is 2.30. The molecular formula is C8H12N2OS. The van der Waals surface area contributed by atoms with E-state index in [9.17, 15) is 4.79 Å². The Labute approximate surface area is 74.6 Å². The lowest BCUT2D eigenvalue weighted by molar-refractivity contribution is 0.553. The van der Waals surface area contributed by atoms with Crippen LogP contribution in [-0.4, -0.2) is 11.5 Å². The van der Waals surface area contributed by atoms with E-state index in [2.05, 4.69) is 4.98 Å². The average Bonchev–Trinajstić information content (AvgIpc) is 2.44. The zero-order valence-electron chi connectivity index (χ0n) is 6.80. The Hall–Kier alpha value is -0.610. The molecule has 0 fully saturated rings. The Morgan fingerprint density at radius 1 is 1.67 bits per heavy atom. The largest absolute Gasteiger partial charge is 0.330 e. The highest BCUT2D eigenvalue weighted by molar-refractivity contribution is 7.09. The predicted molar refractivity (Wildman–Crippen MR) is 49.7 cm³/mol. The molecule has 3 N–H and O–H groups in total. The Bertz CT molecular complexity index is 328. The fourth-order valence-corrected chi connectivity index (χ4v) is 2.74. The molecule has 0 saturated carbocycles. The van der Waals surface area contributed by atoms with Gasteiger partial charge >= 0.3 is 4.87 Å². The van der Waals surface area contributed by atoms with Gasteiger partial charge in [0.05, 0.1) is 0 Å². The zero-order chi connectivity index (χ0) is 8.55. The Morgan fingerprint density at radius 3 is 3.25 bits per heavy atom. The van der Waals surface area contributed by atoms with Crippen molar-refractivity contribution in [2.24, 2.45) is 5.73 Å². The van der Waals surface area contributed by atoms with Gasteiger partial charge in [0.1, 0.15) is 0 Å². The molecule has 1 heterocycles. The van der Waals surface area contributed by atoms with Crippen LogP contribution in [0.1, 0.15) is 29.3 Å². The quantitative estimate of drug-likeness (QED) is 0.678. The van der Waals surface area contributed by atoms with E-state index in [0.717, 1.165) is 18.5 Å². The first-order valence-electron chi connectivity index (χ1n) is 4.23. The maximum absolute atomic E-state index is 11.0. The second-order valence-corrected chi connectivity index (χ2v) is 4.24. The van der Waals surface area contributed by atoms with Gasteiger partial charge in [0.15, 0.2) is 0 Å². The summed E-state index contributed by atoms with van der Waals surface area (Å²) in [7, 11) is 0. The van der Waals surface area contributed by atoms with Crippen LogP contribution in [0.2, 0.25) is 0 Å². The van der Waals surface area contributed by atoms with Gasteiger partial charge in [-0.3, -0.25) is 4.79 Å². The van der Waals surface area contributed by atoms with Crippen LogP contribution < -0.4 is 10.6 Å². The number of aryl methyl sites for hydroxylation is 1. The highest BCUT2D eigenvalue weighted by atomic mass is 32.1. The molecule has 12 heavy (non-hydrogen) atoms. The monoisotopic (exact) mass is 184 g/mol. The Morgan fingerprint density at radius 2 is 2.50 bits per heavy atom. The third-order valence-electron chi connectivity index (χ3n) is 2.40. The van der Waals surface area contributed by atoms with Gasteiger partial charge in [0.2, 0.25) is 0 Å². The van der Waals surface area contributed by atoms with Crippen molar-refractivity contribution >= 4 is 11.3 Å². The summed E-state index contributed by atoms with van der Waals surface area (Å²) in [6.45, 7) is 0.652. The number of aromatic amines is 1. The van der Waals surface area contributed by atoms with Crippen molar-refractivity contribution in [3.8, 4) is 0 Å². The van der Waals surface area contributed by atoms with E-state index in [4.69, 9.17) is 5.73 Å². The summed E-state index contributed by atoms with van der Waals surface area (Å²) in [4.78, 5) is 15.2. The second kappa shape index (κ2) is 3.03. The van der Waals surface area contributed by atoms with Crippen molar-refractivity contribution in [2.75, 3.05) is 6.54 Å². The lowest BCUT2D eigenvalue weighted by atomic mass is 9.91. The summed E-state index contributed by atoms with van der Waals surface area (Å²) in [5, 5.41) is 0. The van der Waals surface area contributed by atoms with Crippen molar-refractivity contribution in [1.29, 1.82) is 0 Å². The standard InChI is InChI=1S/C8H12N2OS/c9-4-5-2-1-3-6-7(5)10-8(11)12-6/h5H,1-4,9H2,(H,10,11). The van der Waals surface area contributed by atoms with Crippen molar-refractivity contribution < 1.29 is 0 Å². The van der Waals surface area contributed by atoms with Crippen LogP contribution in [0, 0.1) is 0 Å². The number of fused-ring (bicyclic) bond motifs is 1. The summed E-state index contributed by atoms with van der Waals surface area (Å²) in [6, 6.07) is 0. The molecule has 3 nitrogen and oxygen atoms in total. The highest BCUT2D eigenvalue weighted by Gasteiger charge is 2.21. The number of thiazole rings is 1. The third-order valence-corrected chi connectivity index (χ3v) is 3.36. The van der Waals surface area contributed by atoms with Gasteiger partial charge in [0, 0.05) is 23.0 Å². The SMILES string of the molecule is NCC1CCCc2sc(=O)[nH]c21. The summed E-state index contributed by atoms with van der Waals surface area (Å²) < 4.78 is 0. The lowest BCUT2D eigenvalue weighted by Crippen LogP contribution is -2.18. The molecule has 1 aliphatic rings. The van der Waals surface area contributed by atoms with Crippen molar-refractivity contribution in [3.63, 3.8) is 0 Å². The van der Waals surface area contributed by atoms with Gasteiger partial charge in [-0.25, -0.2) is 0 Å². The van der Waals surface area contributed by atoms with Crippen LogP contribution in [0.4, 0.5) is 0 Å². The van der Waals surface area contributed by atoms with E-state index in [-0.39, 0.29) is 4.87 Å². The summed E-state index contributed by atoms with van der Waals surface area (Å²) >= 11 is 1.34. The van der Waals surface area contributed by atoms with Crippen molar-refractivity contribution in [2.45, 2.75) is 25.2 Å². The molecule has 1 unspecified atom stereocenters. The number of hydrogen-bond acceptors (Lipinski definition) is 3. The molecule has 1 aliphatic carbocycles. The predicted octanol–water partition coefficient (Wildman–Crippen LogP) is 0.815. The van der Waals surface area contributed by atoms with E-state index in [1.807, 2.05) is 0 Å². The number of nitrogens with one attached hydrogen (secondary N) is 1. The van der Waals surface area contributed by atoms with Gasteiger partial charge in [-0.1, -0.05) is 11.3 Å². The molecule has 0 spiro atoms. The second-order valence-electron chi connectivity index (χ2n) is 3.18. The fourth-order valence-electron chi connectivity index (χ4n) is 1.78. The van der Waals surface area contributed by atoms with E-state index in [0.29, 0.717) is 12.5 Å². The number of H-pyrrole nitrogens is 1. The fraction of sp³-hybridized carbons (Fsp3) is 0.625. The number of nitrogens with two attached hydrogens (primary N) is 1. The number of hydrogen-bond donors (Lipinski definition) is 2. The van der Waals surface area contributed by atoms with Crippen LogP contribution in [0.3, 0.4) is 0 Å². The minimum atomic E-state index is 0.0698. The van der Waals surface area contributed by atoms with Crippen LogP contribution >= 0.6 is 11.3 Å². The van der Waals surface area contributed by atoms with E-state index >= 15 is 0 Å². The third kappa shape index (κ3) is 1.21. The van der Waals surface area contributed by atoms with Crippen LogP contribution in [0.5, 0.6) is 0 Å². The molecule has 1 atom stereocenters. The minimum absolute atomic E-state index is 0.0698. The summed E-state index contributed by atoms with van der Waals surface area (Å²) in [5.41, 5.74) is 6.72. The van der Waals surface area contributed by atoms with E-state index < -0.39 is 0 Å². The summed E-state index contributed by atoms with van der Waals surface area (Å²) in [6.07, 6.45) is 3.34. The molecule has 0 saturated heterocycles. The molecule has 4 heteroatoms. The van der Waals surface area contributed by atoms with Crippen molar-refractivity contribution in [3.05, 3.63) is 20.2 Å². The van der Waals surface area contributed by atoms with E-state index in [1.54, 1.807) is 0 Å². The average molecular weight is 184 g/mol. The number of aromatic nitrogens is 1. The van der Waals surface area contributed by atoms with Crippen LogP contribution in [0.15, 0.2) is 4.79 Å². The van der Waals surface area contributed by atoms with Gasteiger partial charge in [-0.05, 0) is 19.3 Å². The van der Waals surface area contributed by atoms with Crippen molar-refractivity contribution in [1.82, 2.24) is 4.98 Å². The molecule has 1 aromatic rings. The Balaban J connectivity index is 2.43. The van der Waals surface area contributed by atoms with Gasteiger partial charge < -0.3 is 10.7 Å². The molecule has 66 valence electrons. The molecule has 0 amide bonds. The van der Waals surface area contributed by atoms with Crippen LogP contribution in [0.25, 0.3) is 0 Å².